The predicted octanol–water partition coefficient (Wildman–Crippen LogP) is 3.19. The molecular formula is C14H14ClN3O. The van der Waals surface area contributed by atoms with Crippen LogP contribution in [0.5, 0.6) is 0 Å². The molecule has 4 nitrogen and oxygen atoms in total. The number of hydrogen-bond donors (Lipinski definition) is 3. The van der Waals surface area contributed by atoms with Gasteiger partial charge in [-0.2, -0.15) is 0 Å². The standard InChI is InChI=1S/C14H14ClN3O/c1-9-4-2-3-5-12(9)17-14(19)11-8-10(15)6-7-13(11)18-16/h2-8,18H,16H2,1H3,(H,17,19). The fourth-order valence-corrected chi connectivity index (χ4v) is 1.91. The molecule has 1 amide bonds. The van der Waals surface area contributed by atoms with Gasteiger partial charge in [-0.05, 0) is 36.8 Å². The number of hydrogen-bond acceptors (Lipinski definition) is 3. The molecule has 0 fully saturated rings. The van der Waals surface area contributed by atoms with Gasteiger partial charge in [-0.1, -0.05) is 29.8 Å². The average Bonchev–Trinajstić information content (AvgIpc) is 2.41. The number of rotatable bonds is 3. The molecule has 0 heterocycles. The number of nitrogens with one attached hydrogen (secondary N) is 2. The van der Waals surface area contributed by atoms with Gasteiger partial charge in [0.05, 0.1) is 11.3 Å². The highest BCUT2D eigenvalue weighted by Gasteiger charge is 2.12. The van der Waals surface area contributed by atoms with Gasteiger partial charge in [0.15, 0.2) is 0 Å². The van der Waals surface area contributed by atoms with Crippen LogP contribution in [-0.4, -0.2) is 5.91 Å². The smallest absolute Gasteiger partial charge is 0.257 e. The summed E-state index contributed by atoms with van der Waals surface area (Å²) in [6.07, 6.45) is 0. The lowest BCUT2D eigenvalue weighted by molar-refractivity contribution is 0.102. The van der Waals surface area contributed by atoms with Gasteiger partial charge < -0.3 is 10.7 Å². The normalized spacial score (nSPS) is 10.1. The minimum absolute atomic E-state index is 0.259. The van der Waals surface area contributed by atoms with Crippen molar-refractivity contribution in [3.8, 4) is 0 Å². The molecule has 98 valence electrons. The zero-order chi connectivity index (χ0) is 13.8. The molecule has 19 heavy (non-hydrogen) atoms. The summed E-state index contributed by atoms with van der Waals surface area (Å²) in [5.74, 6) is 5.13. The molecule has 0 radical (unpaired) electrons. The Bertz CT molecular complexity index is 613. The Labute approximate surface area is 116 Å². The van der Waals surface area contributed by atoms with Crippen LogP contribution in [0.25, 0.3) is 0 Å². The second kappa shape index (κ2) is 5.73. The SMILES string of the molecule is Cc1ccccc1NC(=O)c1cc(Cl)ccc1NN. The molecule has 0 spiro atoms. The number of benzene rings is 2. The highest BCUT2D eigenvalue weighted by atomic mass is 35.5. The number of hydrazine groups is 1. The summed E-state index contributed by atoms with van der Waals surface area (Å²) in [4.78, 5) is 12.2. The highest BCUT2D eigenvalue weighted by Crippen LogP contribution is 2.22. The number of halogens is 1. The van der Waals surface area contributed by atoms with Crippen molar-refractivity contribution in [3.63, 3.8) is 0 Å². The van der Waals surface area contributed by atoms with E-state index in [1.165, 1.54) is 0 Å². The Hall–Kier alpha value is -2.04. The number of carbonyl (C=O) groups is 1. The minimum atomic E-state index is -0.259. The van der Waals surface area contributed by atoms with E-state index in [1.54, 1.807) is 18.2 Å². The molecule has 0 aliphatic carbocycles. The van der Waals surface area contributed by atoms with E-state index in [-0.39, 0.29) is 5.91 Å². The van der Waals surface area contributed by atoms with Crippen molar-refractivity contribution in [3.05, 3.63) is 58.6 Å². The summed E-state index contributed by atoms with van der Waals surface area (Å²) >= 11 is 5.90. The molecule has 0 aliphatic rings. The summed E-state index contributed by atoms with van der Waals surface area (Å²) in [6, 6.07) is 12.4. The first kappa shape index (κ1) is 13.4. The van der Waals surface area contributed by atoms with Crippen molar-refractivity contribution in [2.75, 3.05) is 10.7 Å². The lowest BCUT2D eigenvalue weighted by atomic mass is 10.1. The second-order valence-electron chi connectivity index (χ2n) is 4.10. The lowest BCUT2D eigenvalue weighted by Crippen LogP contribution is -2.17. The van der Waals surface area contributed by atoms with Gasteiger partial charge >= 0.3 is 0 Å². The third-order valence-corrected chi connectivity index (χ3v) is 3.01. The molecule has 0 atom stereocenters. The topological polar surface area (TPSA) is 67.2 Å². The number of nitrogen functional groups attached to an aromatic ring is 1. The van der Waals surface area contributed by atoms with Crippen LogP contribution in [0, 0.1) is 6.92 Å². The fraction of sp³-hybridized carbons (Fsp3) is 0.0714. The largest absolute Gasteiger partial charge is 0.323 e. The highest BCUT2D eigenvalue weighted by molar-refractivity contribution is 6.31. The van der Waals surface area contributed by atoms with E-state index in [2.05, 4.69) is 10.7 Å². The van der Waals surface area contributed by atoms with Crippen LogP contribution in [0.15, 0.2) is 42.5 Å². The molecule has 2 aromatic rings. The molecule has 4 N–H and O–H groups in total. The molecular weight excluding hydrogens is 262 g/mol. The third kappa shape index (κ3) is 3.05. The van der Waals surface area contributed by atoms with Crippen LogP contribution in [0.3, 0.4) is 0 Å². The number of aryl methyl sites for hydroxylation is 1. The maximum absolute atomic E-state index is 12.2. The third-order valence-electron chi connectivity index (χ3n) is 2.78. The van der Waals surface area contributed by atoms with Crippen LogP contribution in [0.4, 0.5) is 11.4 Å². The van der Waals surface area contributed by atoms with Crippen molar-refractivity contribution < 1.29 is 4.79 Å². The Morgan fingerprint density at radius 1 is 1.16 bits per heavy atom. The predicted molar refractivity (Wildman–Crippen MR) is 78.4 cm³/mol. The molecule has 0 bridgehead atoms. The molecule has 5 heteroatoms. The first-order valence-electron chi connectivity index (χ1n) is 5.75. The maximum atomic E-state index is 12.2. The monoisotopic (exact) mass is 275 g/mol. The Balaban J connectivity index is 2.30. The number of nitrogens with two attached hydrogens (primary N) is 1. The Morgan fingerprint density at radius 3 is 2.58 bits per heavy atom. The van der Waals surface area contributed by atoms with E-state index in [0.29, 0.717) is 16.3 Å². The van der Waals surface area contributed by atoms with Gasteiger partial charge in [0.1, 0.15) is 0 Å². The molecule has 0 saturated heterocycles. The lowest BCUT2D eigenvalue weighted by Gasteiger charge is -2.11. The van der Waals surface area contributed by atoms with E-state index in [4.69, 9.17) is 17.4 Å². The van der Waals surface area contributed by atoms with Crippen molar-refractivity contribution in [2.24, 2.45) is 5.84 Å². The number of amides is 1. The first-order valence-corrected chi connectivity index (χ1v) is 6.13. The Morgan fingerprint density at radius 2 is 1.89 bits per heavy atom. The summed E-state index contributed by atoms with van der Waals surface area (Å²) in [6.45, 7) is 1.93. The number of carbonyl (C=O) groups excluding carboxylic acids is 1. The van der Waals surface area contributed by atoms with Gasteiger partial charge in [-0.3, -0.25) is 10.6 Å². The number of anilines is 2. The van der Waals surface area contributed by atoms with Gasteiger partial charge in [-0.15, -0.1) is 0 Å². The van der Waals surface area contributed by atoms with Crippen molar-refractivity contribution in [1.82, 2.24) is 0 Å². The molecule has 0 unspecified atom stereocenters. The van der Waals surface area contributed by atoms with Crippen LogP contribution >= 0.6 is 11.6 Å². The van der Waals surface area contributed by atoms with E-state index in [1.807, 2.05) is 31.2 Å². The molecule has 2 rings (SSSR count). The summed E-state index contributed by atoms with van der Waals surface area (Å²) < 4.78 is 0. The van der Waals surface area contributed by atoms with Crippen molar-refractivity contribution in [1.29, 1.82) is 0 Å². The Kier molecular flexibility index (Phi) is 4.04. The molecule has 0 saturated carbocycles. The van der Waals surface area contributed by atoms with Gasteiger partial charge in [0, 0.05) is 10.7 Å². The van der Waals surface area contributed by atoms with E-state index in [9.17, 15) is 4.79 Å². The molecule has 2 aromatic carbocycles. The zero-order valence-corrected chi connectivity index (χ0v) is 11.2. The summed E-state index contributed by atoms with van der Waals surface area (Å²) in [7, 11) is 0. The van der Waals surface area contributed by atoms with Crippen molar-refractivity contribution in [2.45, 2.75) is 6.92 Å². The first-order chi connectivity index (χ1) is 9.11. The average molecular weight is 276 g/mol. The van der Waals surface area contributed by atoms with Gasteiger partial charge in [0.25, 0.3) is 5.91 Å². The quantitative estimate of drug-likeness (QED) is 0.595. The van der Waals surface area contributed by atoms with Gasteiger partial charge in [0.2, 0.25) is 0 Å². The number of para-hydroxylation sites is 1. The van der Waals surface area contributed by atoms with Crippen LogP contribution < -0.4 is 16.6 Å². The fourth-order valence-electron chi connectivity index (χ4n) is 1.73. The van der Waals surface area contributed by atoms with E-state index < -0.39 is 0 Å². The minimum Gasteiger partial charge on any atom is -0.323 e. The maximum Gasteiger partial charge on any atom is 0.257 e. The molecule has 0 aliphatic heterocycles. The summed E-state index contributed by atoms with van der Waals surface area (Å²) in [5, 5.41) is 3.32. The van der Waals surface area contributed by atoms with E-state index in [0.717, 1.165) is 11.3 Å². The van der Waals surface area contributed by atoms with Crippen LogP contribution in [0.2, 0.25) is 5.02 Å². The van der Waals surface area contributed by atoms with Crippen LogP contribution in [-0.2, 0) is 0 Å². The second-order valence-corrected chi connectivity index (χ2v) is 4.54. The van der Waals surface area contributed by atoms with Crippen molar-refractivity contribution >= 4 is 28.9 Å². The summed E-state index contributed by atoms with van der Waals surface area (Å²) in [5.41, 5.74) is 5.16. The van der Waals surface area contributed by atoms with Crippen LogP contribution in [0.1, 0.15) is 15.9 Å². The van der Waals surface area contributed by atoms with Gasteiger partial charge in [-0.25, -0.2) is 0 Å². The zero-order valence-electron chi connectivity index (χ0n) is 10.4. The molecule has 0 aromatic heterocycles. The van der Waals surface area contributed by atoms with E-state index >= 15 is 0 Å².